The summed E-state index contributed by atoms with van der Waals surface area (Å²) in [7, 11) is 0. The van der Waals surface area contributed by atoms with Crippen LogP contribution in [0.4, 0.5) is 0 Å². The fourth-order valence-electron chi connectivity index (χ4n) is 7.93. The Bertz CT molecular complexity index is 1030. The van der Waals surface area contributed by atoms with E-state index in [0.29, 0.717) is 12.8 Å². The fraction of sp³-hybridized carbons (Fsp3) is 0.863. The Labute approximate surface area is 368 Å². The van der Waals surface area contributed by atoms with Crippen LogP contribution in [0.25, 0.3) is 0 Å². The molecule has 0 aliphatic carbocycles. The minimum atomic E-state index is -1.55. The van der Waals surface area contributed by atoms with Crippen molar-refractivity contribution in [3.63, 3.8) is 0 Å². The molecule has 1 fully saturated rings. The quantitative estimate of drug-likeness (QED) is 0.0263. The lowest BCUT2D eigenvalue weighted by Gasteiger charge is -2.40. The van der Waals surface area contributed by atoms with Gasteiger partial charge in [-0.15, -0.1) is 0 Å². The normalized spacial score (nSPS) is 20.8. The molecule has 0 spiro atoms. The second kappa shape index (κ2) is 41.4. The zero-order chi connectivity index (χ0) is 43.7. The predicted molar refractivity (Wildman–Crippen MR) is 249 cm³/mol. The van der Waals surface area contributed by atoms with Crippen LogP contribution in [0.3, 0.4) is 0 Å². The van der Waals surface area contributed by atoms with Crippen molar-refractivity contribution in [1.29, 1.82) is 0 Å². The maximum absolute atomic E-state index is 12.9. The van der Waals surface area contributed by atoms with Gasteiger partial charge in [-0.3, -0.25) is 4.79 Å². The molecular formula is C51H95NO8. The lowest BCUT2D eigenvalue weighted by atomic mass is 9.99. The molecule has 0 radical (unpaired) electrons. The summed E-state index contributed by atoms with van der Waals surface area (Å²) in [6, 6.07) is -0.714. The van der Waals surface area contributed by atoms with Gasteiger partial charge in [0.15, 0.2) is 6.29 Å². The number of aliphatic hydroxyl groups excluding tert-OH is 5. The Morgan fingerprint density at radius 1 is 0.567 bits per heavy atom. The van der Waals surface area contributed by atoms with Crippen molar-refractivity contribution < 1.29 is 39.8 Å². The van der Waals surface area contributed by atoms with Crippen LogP contribution in [0.2, 0.25) is 0 Å². The van der Waals surface area contributed by atoms with E-state index in [4.69, 9.17) is 9.47 Å². The molecule has 9 nitrogen and oxygen atoms in total. The van der Waals surface area contributed by atoms with Gasteiger partial charge in [-0.25, -0.2) is 0 Å². The summed E-state index contributed by atoms with van der Waals surface area (Å²) in [5, 5.41) is 54.0. The van der Waals surface area contributed by atoms with E-state index < -0.39 is 49.5 Å². The van der Waals surface area contributed by atoms with Crippen molar-refractivity contribution in [2.45, 2.75) is 269 Å². The van der Waals surface area contributed by atoms with Crippen LogP contribution >= 0.6 is 0 Å². The summed E-state index contributed by atoms with van der Waals surface area (Å²) >= 11 is 0. The molecule has 1 aliphatic rings. The van der Waals surface area contributed by atoms with E-state index in [0.717, 1.165) is 51.4 Å². The van der Waals surface area contributed by atoms with E-state index in [1.54, 1.807) is 0 Å². The highest BCUT2D eigenvalue weighted by atomic mass is 16.7. The van der Waals surface area contributed by atoms with Crippen LogP contribution in [0, 0.1) is 0 Å². The van der Waals surface area contributed by atoms with E-state index in [1.807, 2.05) is 0 Å². The number of carbonyl (C=O) groups excluding carboxylic acids is 1. The first-order valence-corrected chi connectivity index (χ1v) is 25.2. The predicted octanol–water partition coefficient (Wildman–Crippen LogP) is 11.2. The Hall–Kier alpha value is -1.59. The number of rotatable bonds is 42. The smallest absolute Gasteiger partial charge is 0.220 e. The Morgan fingerprint density at radius 3 is 1.45 bits per heavy atom. The first-order valence-electron chi connectivity index (χ1n) is 25.2. The molecule has 0 aromatic heterocycles. The lowest BCUT2D eigenvalue weighted by Crippen LogP contribution is -2.60. The van der Waals surface area contributed by atoms with E-state index in [2.05, 4.69) is 55.6 Å². The summed E-state index contributed by atoms with van der Waals surface area (Å²) in [5.41, 5.74) is 0. The van der Waals surface area contributed by atoms with Crippen molar-refractivity contribution in [3.8, 4) is 0 Å². The molecule has 0 aromatic carbocycles. The molecule has 0 saturated carbocycles. The number of hydrogen-bond donors (Lipinski definition) is 6. The Balaban J connectivity index is 2.06. The molecule has 1 aliphatic heterocycles. The molecule has 0 aromatic rings. The van der Waals surface area contributed by atoms with E-state index >= 15 is 0 Å². The number of allylic oxidation sites excluding steroid dienone is 6. The molecule has 9 heteroatoms. The molecule has 352 valence electrons. The average molecular weight is 850 g/mol. The number of carbonyl (C=O) groups is 1. The molecule has 60 heavy (non-hydrogen) atoms. The SMILES string of the molecule is CCCCCCC/C=C\C/C=C\C/C=C\CCCCCCCCCCCCCCCCCCC(=O)NC(COC1OC(CO)C(O)C(O)C1O)C(O)CCCCCCCC. The summed E-state index contributed by atoms with van der Waals surface area (Å²) in [4.78, 5) is 12.9. The van der Waals surface area contributed by atoms with Gasteiger partial charge in [0.25, 0.3) is 0 Å². The molecule has 7 unspecified atom stereocenters. The standard InChI is InChI=1S/C51H95NO8/c1-3-5-7-9-11-12-13-14-15-16-17-18-19-20-21-22-23-24-25-26-27-28-29-30-31-32-33-34-35-37-39-41-47(55)52-44(45(54)40-38-36-10-8-6-4-2)43-59-51-50(58)49(57)48(56)46(42-53)60-51/h13-14,16-17,19-20,44-46,48-51,53-54,56-58H,3-12,15,18,21-43H2,1-2H3,(H,52,55)/b14-13-,17-16-,20-19-. The van der Waals surface area contributed by atoms with Gasteiger partial charge >= 0.3 is 0 Å². The minimum absolute atomic E-state index is 0.138. The first kappa shape index (κ1) is 56.4. The molecule has 1 amide bonds. The van der Waals surface area contributed by atoms with Crippen LogP contribution in [-0.4, -0.2) is 87.5 Å². The number of nitrogens with one attached hydrogen (secondary N) is 1. The van der Waals surface area contributed by atoms with Gasteiger partial charge in [0.1, 0.15) is 24.4 Å². The summed E-state index contributed by atoms with van der Waals surface area (Å²) in [6.45, 7) is 3.75. The van der Waals surface area contributed by atoms with E-state index in [1.165, 1.54) is 148 Å². The highest BCUT2D eigenvalue weighted by molar-refractivity contribution is 5.76. The Kier molecular flexibility index (Phi) is 39.0. The van der Waals surface area contributed by atoms with Crippen molar-refractivity contribution in [1.82, 2.24) is 5.32 Å². The molecular weight excluding hydrogens is 755 g/mol. The third kappa shape index (κ3) is 31.3. The van der Waals surface area contributed by atoms with Gasteiger partial charge in [0.2, 0.25) is 5.91 Å². The third-order valence-corrected chi connectivity index (χ3v) is 12.0. The van der Waals surface area contributed by atoms with Crippen molar-refractivity contribution in [2.75, 3.05) is 13.2 Å². The molecule has 6 N–H and O–H groups in total. The summed E-state index contributed by atoms with van der Waals surface area (Å²) in [5.74, 6) is -0.149. The van der Waals surface area contributed by atoms with Gasteiger partial charge in [0, 0.05) is 6.42 Å². The highest BCUT2D eigenvalue weighted by Crippen LogP contribution is 2.23. The zero-order valence-corrected chi connectivity index (χ0v) is 38.7. The number of hydrogen-bond acceptors (Lipinski definition) is 8. The van der Waals surface area contributed by atoms with Crippen LogP contribution in [0.15, 0.2) is 36.5 Å². The van der Waals surface area contributed by atoms with Crippen LogP contribution in [-0.2, 0) is 14.3 Å². The lowest BCUT2D eigenvalue weighted by molar-refractivity contribution is -0.302. The second-order valence-corrected chi connectivity index (χ2v) is 17.6. The first-order chi connectivity index (χ1) is 29.3. The maximum atomic E-state index is 12.9. The molecule has 1 rings (SSSR count). The topological polar surface area (TPSA) is 149 Å². The van der Waals surface area contributed by atoms with Crippen LogP contribution in [0.1, 0.15) is 226 Å². The molecule has 1 heterocycles. The monoisotopic (exact) mass is 850 g/mol. The summed E-state index contributed by atoms with van der Waals surface area (Å²) < 4.78 is 11.2. The van der Waals surface area contributed by atoms with Gasteiger partial charge < -0.3 is 40.3 Å². The number of ether oxygens (including phenoxy) is 2. The second-order valence-electron chi connectivity index (χ2n) is 17.6. The van der Waals surface area contributed by atoms with Crippen LogP contribution in [0.5, 0.6) is 0 Å². The largest absolute Gasteiger partial charge is 0.394 e. The third-order valence-electron chi connectivity index (χ3n) is 12.0. The minimum Gasteiger partial charge on any atom is -0.394 e. The fourth-order valence-corrected chi connectivity index (χ4v) is 7.93. The van der Waals surface area contributed by atoms with Crippen molar-refractivity contribution in [2.24, 2.45) is 0 Å². The molecule has 7 atom stereocenters. The van der Waals surface area contributed by atoms with Crippen LogP contribution < -0.4 is 5.32 Å². The zero-order valence-electron chi connectivity index (χ0n) is 38.7. The van der Waals surface area contributed by atoms with Gasteiger partial charge in [0.05, 0.1) is 25.4 Å². The number of amides is 1. The van der Waals surface area contributed by atoms with E-state index in [9.17, 15) is 30.3 Å². The Morgan fingerprint density at radius 2 is 0.983 bits per heavy atom. The number of unbranched alkanes of at least 4 members (excludes halogenated alkanes) is 26. The van der Waals surface area contributed by atoms with Crippen molar-refractivity contribution in [3.05, 3.63) is 36.5 Å². The van der Waals surface area contributed by atoms with Gasteiger partial charge in [-0.2, -0.15) is 0 Å². The van der Waals surface area contributed by atoms with Gasteiger partial charge in [-0.1, -0.05) is 204 Å². The molecule has 0 bridgehead atoms. The van der Waals surface area contributed by atoms with Crippen molar-refractivity contribution >= 4 is 5.91 Å². The number of aliphatic hydroxyl groups is 5. The highest BCUT2D eigenvalue weighted by Gasteiger charge is 2.44. The molecule has 1 saturated heterocycles. The average Bonchev–Trinajstić information content (AvgIpc) is 3.25. The maximum Gasteiger partial charge on any atom is 0.220 e. The summed E-state index contributed by atoms with van der Waals surface area (Å²) in [6.07, 6.45) is 45.0. The van der Waals surface area contributed by atoms with Gasteiger partial charge in [-0.05, 0) is 51.4 Å². The van der Waals surface area contributed by atoms with E-state index in [-0.39, 0.29) is 12.5 Å².